The predicted molar refractivity (Wildman–Crippen MR) is 49.4 cm³/mol. The molecule has 1 N–H and O–H groups in total. The first-order valence-electron chi connectivity index (χ1n) is 4.06. The maximum atomic E-state index is 3.94. The molecule has 4 nitrogen and oxygen atoms in total. The van der Waals surface area contributed by atoms with Crippen LogP contribution < -0.4 is 5.32 Å². The lowest BCUT2D eigenvalue weighted by Gasteiger charge is -2.10. The van der Waals surface area contributed by atoms with E-state index in [1.807, 2.05) is 0 Å². The Labute approximate surface area is 75.6 Å². The van der Waals surface area contributed by atoms with E-state index in [1.165, 1.54) is 13.0 Å². The maximum Gasteiger partial charge on any atom is 0.205 e. The van der Waals surface area contributed by atoms with Crippen LogP contribution in [0.1, 0.15) is 6.42 Å². The number of nitrogens with one attached hydrogen (secondary N) is 1. The molecule has 0 amide bonds. The van der Waals surface area contributed by atoms with Crippen molar-refractivity contribution in [2.75, 3.05) is 25.5 Å². The van der Waals surface area contributed by atoms with Crippen LogP contribution in [0.4, 0.5) is 5.13 Å². The van der Waals surface area contributed by atoms with Gasteiger partial charge in [0.1, 0.15) is 5.51 Å². The van der Waals surface area contributed by atoms with Gasteiger partial charge in [0.05, 0.1) is 0 Å². The van der Waals surface area contributed by atoms with E-state index in [0.717, 1.165) is 11.7 Å². The predicted octanol–water partition coefficient (Wildman–Crippen LogP) is 0.654. The molecule has 1 unspecified atom stereocenters. The average molecular weight is 184 g/mol. The number of rotatable bonds is 2. The molecular formula is C7H12N4S. The van der Waals surface area contributed by atoms with Crippen molar-refractivity contribution in [3.8, 4) is 0 Å². The molecule has 12 heavy (non-hydrogen) atoms. The number of hydrogen-bond donors (Lipinski definition) is 1. The number of nitrogens with zero attached hydrogens (tertiary/aromatic N) is 3. The Hall–Kier alpha value is -0.680. The molecule has 0 aliphatic carbocycles. The van der Waals surface area contributed by atoms with Gasteiger partial charge in [-0.25, -0.2) is 0 Å². The lowest BCUT2D eigenvalue weighted by atomic mass is 10.3. The number of anilines is 1. The zero-order valence-electron chi connectivity index (χ0n) is 7.03. The summed E-state index contributed by atoms with van der Waals surface area (Å²) in [7, 11) is 2.14. The molecule has 2 heterocycles. The van der Waals surface area contributed by atoms with Crippen molar-refractivity contribution in [1.82, 2.24) is 15.1 Å². The molecule has 1 saturated heterocycles. The van der Waals surface area contributed by atoms with Gasteiger partial charge in [0.25, 0.3) is 0 Å². The van der Waals surface area contributed by atoms with Crippen LogP contribution in [0.15, 0.2) is 5.51 Å². The van der Waals surface area contributed by atoms with Crippen molar-refractivity contribution in [3.63, 3.8) is 0 Å². The largest absolute Gasteiger partial charge is 0.356 e. The van der Waals surface area contributed by atoms with Crippen LogP contribution in [-0.4, -0.2) is 41.3 Å². The lowest BCUT2D eigenvalue weighted by molar-refractivity contribution is 0.414. The van der Waals surface area contributed by atoms with Gasteiger partial charge in [-0.1, -0.05) is 11.3 Å². The van der Waals surface area contributed by atoms with Gasteiger partial charge in [0.15, 0.2) is 0 Å². The summed E-state index contributed by atoms with van der Waals surface area (Å²) in [5.74, 6) is 0. The van der Waals surface area contributed by atoms with Crippen molar-refractivity contribution in [2.24, 2.45) is 0 Å². The normalized spacial score (nSPS) is 24.6. The standard InChI is InChI=1S/C7H12N4S/c1-11-3-2-6(4-11)9-7-10-8-5-12-7/h5-6H,2-4H2,1H3,(H,9,10). The summed E-state index contributed by atoms with van der Waals surface area (Å²) in [5, 5.41) is 12.0. The molecule has 1 aromatic heterocycles. The van der Waals surface area contributed by atoms with Gasteiger partial charge < -0.3 is 10.2 Å². The van der Waals surface area contributed by atoms with E-state index in [1.54, 1.807) is 16.8 Å². The average Bonchev–Trinajstić information content (AvgIpc) is 2.63. The highest BCUT2D eigenvalue weighted by molar-refractivity contribution is 7.13. The summed E-state index contributed by atoms with van der Waals surface area (Å²) in [4.78, 5) is 2.32. The first-order chi connectivity index (χ1) is 5.84. The van der Waals surface area contributed by atoms with Crippen LogP contribution in [0.5, 0.6) is 0 Å². The summed E-state index contributed by atoms with van der Waals surface area (Å²) < 4.78 is 0. The van der Waals surface area contributed by atoms with E-state index in [2.05, 4.69) is 27.5 Å². The SMILES string of the molecule is CN1CCC(Nc2nncs2)C1. The van der Waals surface area contributed by atoms with Gasteiger partial charge in [-0.2, -0.15) is 0 Å². The quantitative estimate of drug-likeness (QED) is 0.733. The smallest absolute Gasteiger partial charge is 0.205 e. The van der Waals surface area contributed by atoms with Crippen LogP contribution >= 0.6 is 11.3 Å². The molecule has 0 saturated carbocycles. The molecule has 5 heteroatoms. The molecule has 1 atom stereocenters. The minimum Gasteiger partial charge on any atom is -0.356 e. The first-order valence-corrected chi connectivity index (χ1v) is 4.94. The van der Waals surface area contributed by atoms with Gasteiger partial charge in [-0.05, 0) is 20.0 Å². The Bertz CT molecular complexity index is 236. The monoisotopic (exact) mass is 184 g/mol. The van der Waals surface area contributed by atoms with Crippen LogP contribution in [0.2, 0.25) is 0 Å². The molecule has 0 bridgehead atoms. The van der Waals surface area contributed by atoms with Crippen molar-refractivity contribution in [2.45, 2.75) is 12.5 Å². The zero-order chi connectivity index (χ0) is 8.39. The maximum absolute atomic E-state index is 3.94. The summed E-state index contributed by atoms with van der Waals surface area (Å²) in [6.45, 7) is 2.29. The van der Waals surface area contributed by atoms with E-state index in [9.17, 15) is 0 Å². The van der Waals surface area contributed by atoms with Crippen molar-refractivity contribution >= 4 is 16.5 Å². The lowest BCUT2D eigenvalue weighted by Crippen LogP contribution is -2.23. The second kappa shape index (κ2) is 3.37. The summed E-state index contributed by atoms with van der Waals surface area (Å²) in [6, 6.07) is 0.558. The van der Waals surface area contributed by atoms with Crippen LogP contribution in [-0.2, 0) is 0 Å². The van der Waals surface area contributed by atoms with Crippen LogP contribution in [0.25, 0.3) is 0 Å². The molecule has 1 aliphatic heterocycles. The molecule has 1 aromatic rings. The topological polar surface area (TPSA) is 41.0 Å². The number of aromatic nitrogens is 2. The van der Waals surface area contributed by atoms with Gasteiger partial charge in [-0.3, -0.25) is 0 Å². The zero-order valence-corrected chi connectivity index (χ0v) is 7.84. The highest BCUT2D eigenvalue weighted by Gasteiger charge is 2.19. The van der Waals surface area contributed by atoms with Gasteiger partial charge in [-0.15, -0.1) is 10.2 Å². The van der Waals surface area contributed by atoms with Crippen LogP contribution in [0.3, 0.4) is 0 Å². The minimum atomic E-state index is 0.558. The van der Waals surface area contributed by atoms with E-state index in [0.29, 0.717) is 6.04 Å². The third-order valence-electron chi connectivity index (χ3n) is 2.08. The van der Waals surface area contributed by atoms with Gasteiger partial charge >= 0.3 is 0 Å². The Kier molecular flexibility index (Phi) is 2.23. The molecule has 0 spiro atoms. The highest BCUT2D eigenvalue weighted by atomic mass is 32.1. The first kappa shape index (κ1) is 7.94. The Morgan fingerprint density at radius 3 is 3.25 bits per heavy atom. The Morgan fingerprint density at radius 2 is 2.67 bits per heavy atom. The fourth-order valence-corrected chi connectivity index (χ4v) is 1.99. The van der Waals surface area contributed by atoms with E-state index >= 15 is 0 Å². The number of likely N-dealkylation sites (N-methyl/N-ethyl adjacent to an activating group) is 1. The minimum absolute atomic E-state index is 0.558. The third kappa shape index (κ3) is 1.73. The number of hydrogen-bond acceptors (Lipinski definition) is 5. The molecule has 2 rings (SSSR count). The molecule has 0 aromatic carbocycles. The Morgan fingerprint density at radius 1 is 1.75 bits per heavy atom. The van der Waals surface area contributed by atoms with E-state index in [4.69, 9.17) is 0 Å². The van der Waals surface area contributed by atoms with E-state index < -0.39 is 0 Å². The van der Waals surface area contributed by atoms with Crippen molar-refractivity contribution in [3.05, 3.63) is 5.51 Å². The number of likely N-dealkylation sites (tertiary alicyclic amines) is 1. The second-order valence-electron chi connectivity index (χ2n) is 3.14. The highest BCUT2D eigenvalue weighted by Crippen LogP contribution is 2.15. The van der Waals surface area contributed by atoms with E-state index in [-0.39, 0.29) is 0 Å². The molecule has 1 aliphatic rings. The van der Waals surface area contributed by atoms with Crippen LogP contribution in [0, 0.1) is 0 Å². The van der Waals surface area contributed by atoms with Gasteiger partial charge in [0.2, 0.25) is 5.13 Å². The Balaban J connectivity index is 1.88. The molecular weight excluding hydrogens is 172 g/mol. The summed E-state index contributed by atoms with van der Waals surface area (Å²) in [6.07, 6.45) is 1.20. The van der Waals surface area contributed by atoms with Crippen molar-refractivity contribution in [1.29, 1.82) is 0 Å². The second-order valence-corrected chi connectivity index (χ2v) is 3.97. The summed E-state index contributed by atoms with van der Waals surface area (Å²) >= 11 is 1.56. The van der Waals surface area contributed by atoms with Crippen molar-refractivity contribution < 1.29 is 0 Å². The third-order valence-corrected chi connectivity index (χ3v) is 2.70. The molecule has 66 valence electrons. The molecule has 0 radical (unpaired) electrons. The molecule has 1 fully saturated rings. The van der Waals surface area contributed by atoms with Gasteiger partial charge in [0, 0.05) is 12.6 Å². The summed E-state index contributed by atoms with van der Waals surface area (Å²) in [5.41, 5.74) is 1.75. The fraction of sp³-hybridized carbons (Fsp3) is 0.714. The fourth-order valence-electron chi connectivity index (χ4n) is 1.46.